The number of anilines is 1. The van der Waals surface area contributed by atoms with Gasteiger partial charge in [0.05, 0.1) is 10.6 Å². The second-order valence-corrected chi connectivity index (χ2v) is 6.66. The van der Waals surface area contributed by atoms with Gasteiger partial charge in [-0.3, -0.25) is 0 Å². The molecule has 5 heteroatoms. The molecular weight excluding hydrogens is 256 g/mol. The van der Waals surface area contributed by atoms with Crippen molar-refractivity contribution in [2.45, 2.75) is 52.0 Å². The zero-order valence-electron chi connectivity index (χ0n) is 11.5. The standard InChI is InChI=1S/C14H20N4S/c1-9-8-12(13(15)19-9)14-17-16-10(2)18(14)11-6-4-3-5-7-11/h8,11H,3-7,15H2,1-2H3. The van der Waals surface area contributed by atoms with Crippen LogP contribution in [0, 0.1) is 13.8 Å². The number of hydrogen-bond acceptors (Lipinski definition) is 4. The summed E-state index contributed by atoms with van der Waals surface area (Å²) in [6.07, 6.45) is 6.43. The van der Waals surface area contributed by atoms with E-state index >= 15 is 0 Å². The van der Waals surface area contributed by atoms with Gasteiger partial charge in [0.15, 0.2) is 5.82 Å². The van der Waals surface area contributed by atoms with Crippen LogP contribution < -0.4 is 5.73 Å². The molecule has 0 spiro atoms. The summed E-state index contributed by atoms with van der Waals surface area (Å²) < 4.78 is 2.30. The maximum atomic E-state index is 6.12. The highest BCUT2D eigenvalue weighted by molar-refractivity contribution is 7.16. The van der Waals surface area contributed by atoms with Crippen LogP contribution in [0.25, 0.3) is 11.4 Å². The molecule has 102 valence electrons. The maximum Gasteiger partial charge on any atom is 0.167 e. The molecule has 0 saturated heterocycles. The number of rotatable bonds is 2. The van der Waals surface area contributed by atoms with Crippen LogP contribution in [0.15, 0.2) is 6.07 Å². The van der Waals surface area contributed by atoms with Gasteiger partial charge >= 0.3 is 0 Å². The quantitative estimate of drug-likeness (QED) is 0.909. The van der Waals surface area contributed by atoms with Crippen molar-refractivity contribution in [1.82, 2.24) is 14.8 Å². The van der Waals surface area contributed by atoms with Gasteiger partial charge in [-0.25, -0.2) is 0 Å². The fourth-order valence-electron chi connectivity index (χ4n) is 3.04. The molecule has 0 unspecified atom stereocenters. The third-order valence-electron chi connectivity index (χ3n) is 3.93. The molecule has 4 nitrogen and oxygen atoms in total. The number of aromatic nitrogens is 3. The van der Waals surface area contributed by atoms with E-state index in [2.05, 4.69) is 27.8 Å². The summed E-state index contributed by atoms with van der Waals surface area (Å²) in [5.41, 5.74) is 7.17. The number of hydrogen-bond donors (Lipinski definition) is 1. The first-order chi connectivity index (χ1) is 9.16. The van der Waals surface area contributed by atoms with Crippen molar-refractivity contribution < 1.29 is 0 Å². The predicted octanol–water partition coefficient (Wildman–Crippen LogP) is 3.71. The highest BCUT2D eigenvalue weighted by Crippen LogP contribution is 2.37. The van der Waals surface area contributed by atoms with E-state index in [1.807, 2.05) is 6.92 Å². The fraction of sp³-hybridized carbons (Fsp3) is 0.571. The van der Waals surface area contributed by atoms with Crippen molar-refractivity contribution in [2.75, 3.05) is 5.73 Å². The Labute approximate surface area is 117 Å². The normalized spacial score (nSPS) is 16.9. The van der Waals surface area contributed by atoms with Crippen molar-refractivity contribution in [3.63, 3.8) is 0 Å². The first-order valence-electron chi connectivity index (χ1n) is 6.94. The topological polar surface area (TPSA) is 56.7 Å². The molecule has 2 N–H and O–H groups in total. The summed E-state index contributed by atoms with van der Waals surface area (Å²) in [6.45, 7) is 4.12. The van der Waals surface area contributed by atoms with Gasteiger partial charge in [0.1, 0.15) is 5.82 Å². The third-order valence-corrected chi connectivity index (χ3v) is 4.81. The predicted molar refractivity (Wildman–Crippen MR) is 79.3 cm³/mol. The Morgan fingerprint density at radius 2 is 1.95 bits per heavy atom. The lowest BCUT2D eigenvalue weighted by Gasteiger charge is -2.25. The molecule has 0 atom stereocenters. The molecule has 3 rings (SSSR count). The average Bonchev–Trinajstić information content (AvgIpc) is 2.93. The van der Waals surface area contributed by atoms with Gasteiger partial charge in [-0.2, -0.15) is 0 Å². The van der Waals surface area contributed by atoms with E-state index in [1.54, 1.807) is 11.3 Å². The summed E-state index contributed by atoms with van der Waals surface area (Å²) in [5, 5.41) is 9.50. The van der Waals surface area contributed by atoms with Crippen molar-refractivity contribution in [3.05, 3.63) is 16.8 Å². The summed E-state index contributed by atoms with van der Waals surface area (Å²) in [5.74, 6) is 1.96. The van der Waals surface area contributed by atoms with Gasteiger partial charge in [-0.05, 0) is 32.8 Å². The van der Waals surface area contributed by atoms with Crippen LogP contribution in [0.3, 0.4) is 0 Å². The Kier molecular flexibility index (Phi) is 3.31. The fourth-order valence-corrected chi connectivity index (χ4v) is 3.82. The van der Waals surface area contributed by atoms with E-state index in [4.69, 9.17) is 5.73 Å². The van der Waals surface area contributed by atoms with Crippen molar-refractivity contribution in [2.24, 2.45) is 0 Å². The molecule has 0 aliphatic heterocycles. The summed E-state index contributed by atoms with van der Waals surface area (Å²) in [6, 6.07) is 2.67. The first kappa shape index (κ1) is 12.7. The van der Waals surface area contributed by atoms with Crippen LogP contribution >= 0.6 is 11.3 Å². The maximum absolute atomic E-state index is 6.12. The molecule has 2 aromatic heterocycles. The van der Waals surface area contributed by atoms with Crippen LogP contribution in [0.2, 0.25) is 0 Å². The highest BCUT2D eigenvalue weighted by atomic mass is 32.1. The number of nitrogen functional groups attached to an aromatic ring is 1. The average molecular weight is 276 g/mol. The van der Waals surface area contributed by atoms with E-state index in [0.717, 1.165) is 22.2 Å². The molecule has 1 aliphatic rings. The van der Waals surface area contributed by atoms with Gasteiger partial charge in [0.25, 0.3) is 0 Å². The zero-order valence-corrected chi connectivity index (χ0v) is 12.3. The molecule has 2 aromatic rings. The molecule has 0 aromatic carbocycles. The largest absolute Gasteiger partial charge is 0.390 e. The Hall–Kier alpha value is -1.36. The first-order valence-corrected chi connectivity index (χ1v) is 7.76. The van der Waals surface area contributed by atoms with E-state index in [1.165, 1.54) is 37.0 Å². The van der Waals surface area contributed by atoms with Crippen LogP contribution in [0.5, 0.6) is 0 Å². The second kappa shape index (κ2) is 4.96. The van der Waals surface area contributed by atoms with Crippen molar-refractivity contribution >= 4 is 16.3 Å². The van der Waals surface area contributed by atoms with Crippen molar-refractivity contribution in [1.29, 1.82) is 0 Å². The van der Waals surface area contributed by atoms with E-state index in [-0.39, 0.29) is 0 Å². The van der Waals surface area contributed by atoms with Crippen molar-refractivity contribution in [3.8, 4) is 11.4 Å². The minimum atomic E-state index is 0.540. The number of nitrogens with two attached hydrogens (primary N) is 1. The minimum absolute atomic E-state index is 0.540. The van der Waals surface area contributed by atoms with Gasteiger partial charge < -0.3 is 10.3 Å². The monoisotopic (exact) mass is 276 g/mol. The molecule has 1 fully saturated rings. The van der Waals surface area contributed by atoms with E-state index in [0.29, 0.717) is 6.04 Å². The lowest BCUT2D eigenvalue weighted by atomic mass is 9.95. The lowest BCUT2D eigenvalue weighted by Crippen LogP contribution is -2.15. The number of thiophene rings is 1. The molecule has 0 radical (unpaired) electrons. The van der Waals surface area contributed by atoms with Gasteiger partial charge in [-0.1, -0.05) is 19.3 Å². The molecule has 0 bridgehead atoms. The van der Waals surface area contributed by atoms with Gasteiger partial charge in [-0.15, -0.1) is 21.5 Å². The van der Waals surface area contributed by atoms with E-state index in [9.17, 15) is 0 Å². The molecule has 2 heterocycles. The third kappa shape index (κ3) is 2.27. The minimum Gasteiger partial charge on any atom is -0.390 e. The number of nitrogens with zero attached hydrogens (tertiary/aromatic N) is 3. The molecule has 1 aliphatic carbocycles. The second-order valence-electron chi connectivity index (χ2n) is 5.37. The smallest absolute Gasteiger partial charge is 0.167 e. The molecular formula is C14H20N4S. The Balaban J connectivity index is 2.05. The number of aryl methyl sites for hydroxylation is 2. The summed E-state index contributed by atoms with van der Waals surface area (Å²) in [4.78, 5) is 1.23. The zero-order chi connectivity index (χ0) is 13.4. The Bertz CT molecular complexity index is 578. The van der Waals surface area contributed by atoms with Gasteiger partial charge in [0.2, 0.25) is 0 Å². The summed E-state index contributed by atoms with van der Waals surface area (Å²) in [7, 11) is 0. The molecule has 19 heavy (non-hydrogen) atoms. The SMILES string of the molecule is Cc1cc(-c2nnc(C)n2C2CCCCC2)c(N)s1. The highest BCUT2D eigenvalue weighted by Gasteiger charge is 2.23. The summed E-state index contributed by atoms with van der Waals surface area (Å²) >= 11 is 1.63. The molecule has 1 saturated carbocycles. The van der Waals surface area contributed by atoms with Crippen LogP contribution in [-0.4, -0.2) is 14.8 Å². The Morgan fingerprint density at radius 3 is 2.58 bits per heavy atom. The van der Waals surface area contributed by atoms with Crippen LogP contribution in [0.1, 0.15) is 48.8 Å². The van der Waals surface area contributed by atoms with E-state index < -0.39 is 0 Å². The van der Waals surface area contributed by atoms with Crippen LogP contribution in [-0.2, 0) is 0 Å². The van der Waals surface area contributed by atoms with Gasteiger partial charge in [0, 0.05) is 10.9 Å². The lowest BCUT2D eigenvalue weighted by molar-refractivity contribution is 0.350. The Morgan fingerprint density at radius 1 is 1.21 bits per heavy atom. The molecule has 0 amide bonds. The van der Waals surface area contributed by atoms with Crippen LogP contribution in [0.4, 0.5) is 5.00 Å².